The minimum atomic E-state index is -0.594. The molecule has 0 fully saturated rings. The van der Waals surface area contributed by atoms with Crippen LogP contribution in [-0.4, -0.2) is 16.9 Å². The zero-order valence-electron chi connectivity index (χ0n) is 12.4. The molecule has 0 aliphatic carbocycles. The average molecular weight is 334 g/mol. The Kier molecular flexibility index (Phi) is 4.24. The molecule has 0 saturated heterocycles. The molecule has 0 saturated carbocycles. The van der Waals surface area contributed by atoms with Crippen LogP contribution in [0, 0.1) is 5.82 Å². The van der Waals surface area contributed by atoms with Crippen LogP contribution in [0.1, 0.15) is 30.0 Å². The number of nitrogens with one attached hydrogen (secondary N) is 3. The number of anilines is 2. The first-order valence-corrected chi connectivity index (χ1v) is 8.00. The first-order chi connectivity index (χ1) is 11.0. The lowest BCUT2D eigenvalue weighted by Crippen LogP contribution is -2.31. The van der Waals surface area contributed by atoms with Crippen molar-refractivity contribution >= 4 is 34.6 Å². The lowest BCUT2D eigenvalue weighted by Gasteiger charge is -2.19. The molecule has 1 atom stereocenters. The van der Waals surface area contributed by atoms with E-state index >= 15 is 0 Å². The molecular weight excluding hydrogens is 319 g/mol. The summed E-state index contributed by atoms with van der Waals surface area (Å²) < 4.78 is 14.1. The molecule has 6 nitrogen and oxygen atoms in total. The molecule has 3 rings (SSSR count). The Balaban J connectivity index is 1.70. The summed E-state index contributed by atoms with van der Waals surface area (Å²) in [7, 11) is 0. The molecule has 0 radical (unpaired) electrons. The van der Waals surface area contributed by atoms with Crippen LogP contribution in [0.5, 0.6) is 0 Å². The summed E-state index contributed by atoms with van der Waals surface area (Å²) in [6.07, 6.45) is 2.53. The van der Waals surface area contributed by atoms with Crippen molar-refractivity contribution in [1.29, 1.82) is 0 Å². The summed E-state index contributed by atoms with van der Waals surface area (Å²) in [5.74, 6) is -0.726. The van der Waals surface area contributed by atoms with Crippen LogP contribution in [-0.2, 0) is 11.2 Å². The topological polar surface area (TPSA) is 83.1 Å². The molecule has 0 spiro atoms. The normalized spacial score (nSPS) is 14.6. The molecule has 1 aliphatic heterocycles. The Labute approximate surface area is 136 Å². The number of urea groups is 1. The maximum Gasteiger partial charge on any atom is 0.319 e. The lowest BCUT2D eigenvalue weighted by atomic mass is 10.0. The van der Waals surface area contributed by atoms with E-state index in [1.54, 1.807) is 19.2 Å². The molecule has 23 heavy (non-hydrogen) atoms. The van der Waals surface area contributed by atoms with Crippen LogP contribution < -0.4 is 16.0 Å². The second-order valence-corrected chi connectivity index (χ2v) is 6.15. The highest BCUT2D eigenvalue weighted by Gasteiger charge is 2.19. The van der Waals surface area contributed by atoms with Crippen molar-refractivity contribution in [1.82, 2.24) is 10.3 Å². The lowest BCUT2D eigenvalue weighted by molar-refractivity contribution is -0.116. The second kappa shape index (κ2) is 6.33. The number of benzene rings is 1. The Morgan fingerprint density at radius 3 is 3.00 bits per heavy atom. The van der Waals surface area contributed by atoms with Gasteiger partial charge in [-0.2, -0.15) is 0 Å². The number of carbonyl (C=O) groups excluding carboxylic acids is 2. The van der Waals surface area contributed by atoms with Gasteiger partial charge in [-0.25, -0.2) is 14.2 Å². The fourth-order valence-electron chi connectivity index (χ4n) is 2.36. The minimum Gasteiger partial charge on any atom is -0.329 e. The zero-order chi connectivity index (χ0) is 16.4. The fraction of sp³-hybridized carbons (Fsp3) is 0.267. The molecule has 0 bridgehead atoms. The van der Waals surface area contributed by atoms with Gasteiger partial charge in [-0.05, 0) is 31.0 Å². The van der Waals surface area contributed by atoms with Gasteiger partial charge in [0.05, 0.1) is 11.7 Å². The number of hydrogen-bond donors (Lipinski definition) is 3. The summed E-state index contributed by atoms with van der Waals surface area (Å²) in [6, 6.07) is 2.01. The number of amides is 3. The number of halogens is 1. The summed E-state index contributed by atoms with van der Waals surface area (Å²) in [6.45, 7) is 1.80. The third-order valence-electron chi connectivity index (χ3n) is 3.51. The molecule has 1 aromatic heterocycles. The standard InChI is InChI=1S/C15H15FN4O2S/c1-8(14-17-4-5-23-14)18-15(22)20-12-6-9-2-3-13(21)19-11(9)7-10(12)16/h4-8H,2-3H2,1H3,(H,19,21)(H2,18,20,22). The first kappa shape index (κ1) is 15.4. The molecule has 2 aromatic rings. The second-order valence-electron chi connectivity index (χ2n) is 5.23. The van der Waals surface area contributed by atoms with Gasteiger partial charge in [0.15, 0.2) is 0 Å². The van der Waals surface area contributed by atoms with E-state index in [2.05, 4.69) is 20.9 Å². The van der Waals surface area contributed by atoms with E-state index in [1.165, 1.54) is 17.4 Å². The number of hydrogen-bond acceptors (Lipinski definition) is 4. The van der Waals surface area contributed by atoms with Crippen LogP contribution in [0.3, 0.4) is 0 Å². The maximum absolute atomic E-state index is 14.1. The van der Waals surface area contributed by atoms with E-state index in [4.69, 9.17) is 0 Å². The zero-order valence-corrected chi connectivity index (χ0v) is 13.2. The molecule has 1 aliphatic rings. The van der Waals surface area contributed by atoms with Gasteiger partial charge in [-0.15, -0.1) is 11.3 Å². The summed E-state index contributed by atoms with van der Waals surface area (Å²) in [5, 5.41) is 10.4. The summed E-state index contributed by atoms with van der Waals surface area (Å²) in [5.41, 5.74) is 1.35. The SMILES string of the molecule is CC(NC(=O)Nc1cc2c(cc1F)NC(=O)CC2)c1nccs1. The molecule has 1 aromatic carbocycles. The van der Waals surface area contributed by atoms with Crippen LogP contribution in [0.15, 0.2) is 23.7 Å². The fourth-order valence-corrected chi connectivity index (χ4v) is 3.01. The summed E-state index contributed by atoms with van der Waals surface area (Å²) >= 11 is 1.43. The van der Waals surface area contributed by atoms with E-state index in [0.717, 1.165) is 10.6 Å². The highest BCUT2D eigenvalue weighted by Crippen LogP contribution is 2.28. The van der Waals surface area contributed by atoms with Crippen molar-refractivity contribution in [3.8, 4) is 0 Å². The number of nitrogens with zero attached hydrogens (tertiary/aromatic N) is 1. The van der Waals surface area contributed by atoms with Gasteiger partial charge < -0.3 is 16.0 Å². The smallest absolute Gasteiger partial charge is 0.319 e. The minimum absolute atomic E-state index is 0.0868. The van der Waals surface area contributed by atoms with Crippen molar-refractivity contribution in [2.45, 2.75) is 25.8 Å². The van der Waals surface area contributed by atoms with Crippen LogP contribution in [0.25, 0.3) is 0 Å². The van der Waals surface area contributed by atoms with Crippen molar-refractivity contribution < 1.29 is 14.0 Å². The number of aromatic nitrogens is 1. The number of aryl methyl sites for hydroxylation is 1. The average Bonchev–Trinajstić information content (AvgIpc) is 3.02. The highest BCUT2D eigenvalue weighted by molar-refractivity contribution is 7.09. The van der Waals surface area contributed by atoms with Crippen molar-refractivity contribution in [2.24, 2.45) is 0 Å². The predicted molar refractivity (Wildman–Crippen MR) is 86.0 cm³/mol. The first-order valence-electron chi connectivity index (χ1n) is 7.12. The van der Waals surface area contributed by atoms with Gasteiger partial charge in [-0.3, -0.25) is 4.79 Å². The Morgan fingerprint density at radius 1 is 1.43 bits per heavy atom. The number of fused-ring (bicyclic) bond motifs is 1. The Bertz CT molecular complexity index is 748. The van der Waals surface area contributed by atoms with Crippen molar-refractivity contribution in [3.05, 3.63) is 40.1 Å². The van der Waals surface area contributed by atoms with Gasteiger partial charge in [0.1, 0.15) is 10.8 Å². The number of thiazole rings is 1. The molecule has 3 amide bonds. The van der Waals surface area contributed by atoms with Gasteiger partial charge in [0, 0.05) is 23.7 Å². The van der Waals surface area contributed by atoms with Gasteiger partial charge in [0.2, 0.25) is 5.91 Å². The van der Waals surface area contributed by atoms with Crippen molar-refractivity contribution in [2.75, 3.05) is 10.6 Å². The maximum atomic E-state index is 14.1. The number of carbonyl (C=O) groups is 2. The Morgan fingerprint density at radius 2 is 2.26 bits per heavy atom. The van der Waals surface area contributed by atoms with Gasteiger partial charge in [0.25, 0.3) is 0 Å². The molecule has 1 unspecified atom stereocenters. The molecule has 120 valence electrons. The monoisotopic (exact) mass is 334 g/mol. The molecule has 8 heteroatoms. The van der Waals surface area contributed by atoms with Gasteiger partial charge >= 0.3 is 6.03 Å². The van der Waals surface area contributed by atoms with E-state index in [-0.39, 0.29) is 17.6 Å². The predicted octanol–water partition coefficient (Wildman–Crippen LogP) is 3.05. The van der Waals surface area contributed by atoms with E-state index in [0.29, 0.717) is 18.5 Å². The summed E-state index contributed by atoms with van der Waals surface area (Å²) in [4.78, 5) is 27.4. The van der Waals surface area contributed by atoms with E-state index in [1.807, 2.05) is 5.38 Å². The highest BCUT2D eigenvalue weighted by atomic mass is 32.1. The third kappa shape index (κ3) is 3.48. The quantitative estimate of drug-likeness (QED) is 0.807. The molecule has 2 heterocycles. The van der Waals surface area contributed by atoms with Crippen LogP contribution in [0.4, 0.5) is 20.6 Å². The van der Waals surface area contributed by atoms with Crippen LogP contribution in [0.2, 0.25) is 0 Å². The Hall–Kier alpha value is -2.48. The largest absolute Gasteiger partial charge is 0.329 e. The van der Waals surface area contributed by atoms with E-state index in [9.17, 15) is 14.0 Å². The number of rotatable bonds is 3. The molecular formula is C15H15FN4O2S. The molecule has 3 N–H and O–H groups in total. The van der Waals surface area contributed by atoms with Crippen molar-refractivity contribution in [3.63, 3.8) is 0 Å². The van der Waals surface area contributed by atoms with Crippen LogP contribution >= 0.6 is 11.3 Å². The third-order valence-corrected chi connectivity index (χ3v) is 4.46. The van der Waals surface area contributed by atoms with E-state index < -0.39 is 11.8 Å². The van der Waals surface area contributed by atoms with Gasteiger partial charge in [-0.1, -0.05) is 0 Å².